The molecule has 2 aliphatic heterocycles. The lowest BCUT2D eigenvalue weighted by molar-refractivity contribution is 0.374. The minimum atomic E-state index is 0. The summed E-state index contributed by atoms with van der Waals surface area (Å²) in [5.41, 5.74) is 1.20. The molecule has 1 N–H and O–H groups in total. The summed E-state index contributed by atoms with van der Waals surface area (Å²) in [7, 11) is 1.75. The number of aliphatic imine (C=N–C) groups is 1. The average Bonchev–Trinajstić information content (AvgIpc) is 3.13. The predicted octanol–water partition coefficient (Wildman–Crippen LogP) is 3.93. The molecule has 1 atom stereocenters. The third-order valence-electron chi connectivity index (χ3n) is 5.27. The highest BCUT2D eigenvalue weighted by Gasteiger charge is 2.29. The van der Waals surface area contributed by atoms with E-state index in [1.54, 1.807) is 7.11 Å². The van der Waals surface area contributed by atoms with Crippen molar-refractivity contribution in [3.05, 3.63) is 24.3 Å². The zero-order chi connectivity index (χ0) is 19.3. The van der Waals surface area contributed by atoms with Gasteiger partial charge in [0.2, 0.25) is 0 Å². The van der Waals surface area contributed by atoms with Crippen LogP contribution >= 0.6 is 35.7 Å². The normalized spacial score (nSPS) is 22.0. The molecule has 2 saturated heterocycles. The summed E-state index contributed by atoms with van der Waals surface area (Å²) in [6.07, 6.45) is 1.18. The van der Waals surface area contributed by atoms with Gasteiger partial charge < -0.3 is 19.9 Å². The van der Waals surface area contributed by atoms with Crippen LogP contribution in [0.1, 0.15) is 27.2 Å². The molecule has 1 unspecified atom stereocenters. The number of halogens is 1. The van der Waals surface area contributed by atoms with Crippen molar-refractivity contribution in [1.29, 1.82) is 0 Å². The van der Waals surface area contributed by atoms with Gasteiger partial charge in [0, 0.05) is 49.8 Å². The van der Waals surface area contributed by atoms with Crippen molar-refractivity contribution in [2.24, 2.45) is 10.9 Å². The highest BCUT2D eigenvalue weighted by atomic mass is 127. The number of anilines is 1. The van der Waals surface area contributed by atoms with Crippen molar-refractivity contribution >= 4 is 47.4 Å². The second-order valence-electron chi connectivity index (χ2n) is 8.00. The molecule has 5 nitrogen and oxygen atoms in total. The van der Waals surface area contributed by atoms with Crippen molar-refractivity contribution in [3.8, 4) is 5.75 Å². The number of para-hydroxylation sites is 2. The van der Waals surface area contributed by atoms with Crippen molar-refractivity contribution in [3.63, 3.8) is 0 Å². The van der Waals surface area contributed by atoms with Crippen molar-refractivity contribution in [2.45, 2.75) is 31.9 Å². The minimum Gasteiger partial charge on any atom is -0.495 e. The van der Waals surface area contributed by atoms with Crippen LogP contribution in [0.15, 0.2) is 29.3 Å². The Morgan fingerprint density at radius 2 is 2.11 bits per heavy atom. The zero-order valence-electron chi connectivity index (χ0n) is 17.6. The van der Waals surface area contributed by atoms with Crippen LogP contribution in [0.25, 0.3) is 0 Å². The molecule has 0 radical (unpaired) electrons. The monoisotopic (exact) mass is 518 g/mol. The fraction of sp³-hybridized carbons (Fsp3) is 0.667. The number of guanidine groups is 1. The van der Waals surface area contributed by atoms with E-state index in [0.29, 0.717) is 10.7 Å². The number of nitrogens with one attached hydrogen (secondary N) is 1. The van der Waals surface area contributed by atoms with Gasteiger partial charge >= 0.3 is 0 Å². The summed E-state index contributed by atoms with van der Waals surface area (Å²) in [6.45, 7) is 12.9. The molecule has 0 spiro atoms. The quantitative estimate of drug-likeness (QED) is 0.364. The molecule has 158 valence electrons. The van der Waals surface area contributed by atoms with E-state index in [9.17, 15) is 0 Å². The van der Waals surface area contributed by atoms with E-state index in [1.165, 1.54) is 17.9 Å². The predicted molar refractivity (Wildman–Crippen MR) is 133 cm³/mol. The van der Waals surface area contributed by atoms with Crippen molar-refractivity contribution < 1.29 is 4.74 Å². The van der Waals surface area contributed by atoms with Gasteiger partial charge in [0.25, 0.3) is 0 Å². The summed E-state index contributed by atoms with van der Waals surface area (Å²) in [4.78, 5) is 9.89. The van der Waals surface area contributed by atoms with E-state index < -0.39 is 0 Å². The molecular weight excluding hydrogens is 483 g/mol. The number of ether oxygens (including phenoxy) is 1. The molecule has 28 heavy (non-hydrogen) atoms. The van der Waals surface area contributed by atoms with Crippen LogP contribution in [0, 0.1) is 5.92 Å². The van der Waals surface area contributed by atoms with Crippen LogP contribution in [-0.2, 0) is 0 Å². The lowest BCUT2D eigenvalue weighted by Crippen LogP contribution is -2.51. The van der Waals surface area contributed by atoms with E-state index in [1.807, 2.05) is 12.1 Å². The maximum atomic E-state index is 5.53. The Morgan fingerprint density at radius 1 is 1.32 bits per heavy atom. The molecule has 0 amide bonds. The molecule has 1 aromatic carbocycles. The maximum Gasteiger partial charge on any atom is 0.193 e. The molecule has 3 rings (SSSR count). The smallest absolute Gasteiger partial charge is 0.193 e. The summed E-state index contributed by atoms with van der Waals surface area (Å²) in [5.74, 6) is 3.81. The molecular formula is C21H35IN4OS. The number of rotatable bonds is 5. The van der Waals surface area contributed by atoms with E-state index in [-0.39, 0.29) is 24.0 Å². The van der Waals surface area contributed by atoms with Gasteiger partial charge in [-0.1, -0.05) is 12.1 Å². The standard InChI is InChI=1S/C21H34N4OS.HI/c1-5-22-20(25-12-13-27-21(2,3)16-25)23-14-17-10-11-24(15-17)18-8-6-7-9-19(18)26-4;/h6-9,17H,5,10-16H2,1-4H3,(H,22,23);1H. The number of methoxy groups -OCH3 is 1. The summed E-state index contributed by atoms with van der Waals surface area (Å²) in [5, 5.41) is 3.51. The molecule has 1 aromatic rings. The maximum absolute atomic E-state index is 5.53. The van der Waals surface area contributed by atoms with Crippen LogP contribution < -0.4 is 15.0 Å². The Labute approximate surface area is 191 Å². The molecule has 2 heterocycles. The molecule has 0 aromatic heterocycles. The second-order valence-corrected chi connectivity index (χ2v) is 9.80. The fourth-order valence-electron chi connectivity index (χ4n) is 3.93. The largest absolute Gasteiger partial charge is 0.495 e. The Balaban J connectivity index is 0.00000280. The molecule has 0 aliphatic carbocycles. The summed E-state index contributed by atoms with van der Waals surface area (Å²) in [6, 6.07) is 8.31. The third kappa shape index (κ3) is 6.08. The Morgan fingerprint density at radius 3 is 2.82 bits per heavy atom. The van der Waals surface area contributed by atoms with Crippen LogP contribution in [-0.4, -0.2) is 67.7 Å². The van der Waals surface area contributed by atoms with Gasteiger partial charge in [-0.25, -0.2) is 0 Å². The van der Waals surface area contributed by atoms with E-state index >= 15 is 0 Å². The summed E-state index contributed by atoms with van der Waals surface area (Å²) >= 11 is 2.06. The van der Waals surface area contributed by atoms with Gasteiger partial charge in [-0.05, 0) is 45.2 Å². The minimum absolute atomic E-state index is 0. The van der Waals surface area contributed by atoms with Crippen LogP contribution in [0.5, 0.6) is 5.75 Å². The van der Waals surface area contributed by atoms with Crippen molar-refractivity contribution in [1.82, 2.24) is 10.2 Å². The Kier molecular flexibility index (Phi) is 9.05. The first-order valence-electron chi connectivity index (χ1n) is 10.1. The Hall–Kier alpha value is -0.830. The number of hydrogen-bond acceptors (Lipinski definition) is 4. The first-order chi connectivity index (χ1) is 13.0. The van der Waals surface area contributed by atoms with E-state index in [4.69, 9.17) is 9.73 Å². The Bertz CT molecular complexity index is 655. The van der Waals surface area contributed by atoms with Gasteiger partial charge in [0.05, 0.1) is 12.8 Å². The fourth-order valence-corrected chi connectivity index (χ4v) is 5.04. The highest BCUT2D eigenvalue weighted by Crippen LogP contribution is 2.32. The molecule has 2 fully saturated rings. The van der Waals surface area contributed by atoms with Crippen LogP contribution in [0.2, 0.25) is 0 Å². The number of hydrogen-bond donors (Lipinski definition) is 1. The average molecular weight is 519 g/mol. The molecule has 0 saturated carbocycles. The van der Waals surface area contributed by atoms with E-state index in [0.717, 1.165) is 51.0 Å². The van der Waals surface area contributed by atoms with Gasteiger partial charge in [0.1, 0.15) is 5.75 Å². The van der Waals surface area contributed by atoms with Gasteiger partial charge in [-0.2, -0.15) is 11.8 Å². The zero-order valence-corrected chi connectivity index (χ0v) is 20.8. The van der Waals surface area contributed by atoms with Crippen molar-refractivity contribution in [2.75, 3.05) is 57.0 Å². The molecule has 0 bridgehead atoms. The second kappa shape index (κ2) is 10.8. The SMILES string of the molecule is CCNC(=NCC1CCN(c2ccccc2OC)C1)N1CCSC(C)(C)C1.I. The topological polar surface area (TPSA) is 40.1 Å². The van der Waals surface area contributed by atoms with Gasteiger partial charge in [-0.15, -0.1) is 24.0 Å². The lowest BCUT2D eigenvalue weighted by Gasteiger charge is -2.39. The molecule has 7 heteroatoms. The summed E-state index contributed by atoms with van der Waals surface area (Å²) < 4.78 is 5.83. The van der Waals surface area contributed by atoms with Gasteiger partial charge in [-0.3, -0.25) is 4.99 Å². The van der Waals surface area contributed by atoms with Crippen LogP contribution in [0.4, 0.5) is 5.69 Å². The lowest BCUT2D eigenvalue weighted by atomic mass is 10.1. The van der Waals surface area contributed by atoms with Crippen LogP contribution in [0.3, 0.4) is 0 Å². The highest BCUT2D eigenvalue weighted by molar-refractivity contribution is 14.0. The third-order valence-corrected chi connectivity index (χ3v) is 6.57. The first kappa shape index (κ1) is 23.4. The first-order valence-corrected chi connectivity index (χ1v) is 11.1. The molecule has 2 aliphatic rings. The number of nitrogens with zero attached hydrogens (tertiary/aromatic N) is 3. The number of benzene rings is 1. The van der Waals surface area contributed by atoms with E-state index in [2.05, 4.69) is 59.8 Å². The number of thioether (sulfide) groups is 1. The van der Waals surface area contributed by atoms with Gasteiger partial charge in [0.15, 0.2) is 5.96 Å².